The molecule has 2 aromatic heterocycles. The minimum Gasteiger partial charge on any atom is -0.461 e. The Balaban J connectivity index is 1.54. The summed E-state index contributed by atoms with van der Waals surface area (Å²) in [7, 11) is 0. The molecule has 3 aromatic rings. The number of carbonyl (C=O) groups excluding carboxylic acids is 1. The molecule has 0 spiro atoms. The van der Waals surface area contributed by atoms with Crippen molar-refractivity contribution in [3.8, 4) is 0 Å². The van der Waals surface area contributed by atoms with E-state index in [1.807, 2.05) is 35.4 Å². The van der Waals surface area contributed by atoms with Gasteiger partial charge in [-0.3, -0.25) is 5.10 Å². The summed E-state index contributed by atoms with van der Waals surface area (Å²) in [6.45, 7) is -0.188. The number of hydrogen-bond donors (Lipinski definition) is 1. The average Bonchev–Trinajstić information content (AvgIpc) is 3.25. The van der Waals surface area contributed by atoms with Crippen LogP contribution in [-0.4, -0.2) is 27.8 Å². The van der Waals surface area contributed by atoms with Gasteiger partial charge >= 0.3 is 12.1 Å². The van der Waals surface area contributed by atoms with E-state index in [4.69, 9.17) is 4.74 Å². The number of rotatable bonds is 6. The number of esters is 1. The van der Waals surface area contributed by atoms with E-state index in [1.165, 1.54) is 11.3 Å². The zero-order chi connectivity index (χ0) is 18.6. The summed E-state index contributed by atoms with van der Waals surface area (Å²) in [5, 5.41) is 7.65. The van der Waals surface area contributed by atoms with Gasteiger partial charge in [0.05, 0.1) is 17.8 Å². The smallest absolute Gasteiger partial charge is 0.433 e. The van der Waals surface area contributed by atoms with Crippen LogP contribution in [0.2, 0.25) is 0 Å². The van der Waals surface area contributed by atoms with Crippen molar-refractivity contribution in [2.45, 2.75) is 19.0 Å². The van der Waals surface area contributed by atoms with E-state index in [1.54, 1.807) is 5.38 Å². The van der Waals surface area contributed by atoms with Crippen molar-refractivity contribution in [1.82, 2.24) is 15.2 Å². The molecule has 2 heterocycles. The van der Waals surface area contributed by atoms with Gasteiger partial charge in [0.1, 0.15) is 5.69 Å². The van der Waals surface area contributed by atoms with Gasteiger partial charge in [0.2, 0.25) is 0 Å². The van der Waals surface area contributed by atoms with E-state index >= 15 is 0 Å². The number of benzene rings is 1. The van der Waals surface area contributed by atoms with Gasteiger partial charge in [-0.25, -0.2) is 9.78 Å². The number of hydrogen-bond acceptors (Lipinski definition) is 5. The van der Waals surface area contributed by atoms with Crippen LogP contribution < -0.4 is 0 Å². The first-order chi connectivity index (χ1) is 12.4. The Morgan fingerprint density at radius 2 is 2.00 bits per heavy atom. The van der Waals surface area contributed by atoms with E-state index in [9.17, 15) is 18.0 Å². The quantitative estimate of drug-likeness (QED) is 0.658. The van der Waals surface area contributed by atoms with Crippen molar-refractivity contribution in [3.05, 3.63) is 69.4 Å². The molecule has 0 radical (unpaired) electrons. The highest BCUT2D eigenvalue weighted by Crippen LogP contribution is 2.30. The number of nitrogens with one attached hydrogen (secondary N) is 1. The molecule has 26 heavy (non-hydrogen) atoms. The third-order valence-corrected chi connectivity index (χ3v) is 4.41. The van der Waals surface area contributed by atoms with Crippen LogP contribution in [0.3, 0.4) is 0 Å². The maximum atomic E-state index is 12.7. The highest BCUT2D eigenvalue weighted by atomic mass is 32.1. The average molecular weight is 381 g/mol. The van der Waals surface area contributed by atoms with Gasteiger partial charge in [-0.05, 0) is 5.56 Å². The zero-order valence-electron chi connectivity index (χ0n) is 13.4. The van der Waals surface area contributed by atoms with Crippen LogP contribution in [0.4, 0.5) is 13.2 Å². The van der Waals surface area contributed by atoms with Crippen molar-refractivity contribution in [1.29, 1.82) is 0 Å². The van der Waals surface area contributed by atoms with Gasteiger partial charge in [-0.2, -0.15) is 18.3 Å². The van der Waals surface area contributed by atoms with Crippen LogP contribution in [0.1, 0.15) is 32.3 Å². The second-order valence-corrected chi connectivity index (χ2v) is 6.39. The molecule has 0 saturated carbocycles. The predicted octanol–water partition coefficient (Wildman–Crippen LogP) is 3.88. The van der Waals surface area contributed by atoms with E-state index in [-0.39, 0.29) is 24.3 Å². The Morgan fingerprint density at radius 3 is 2.73 bits per heavy atom. The molecule has 0 aliphatic rings. The van der Waals surface area contributed by atoms with Crippen molar-refractivity contribution < 1.29 is 22.7 Å². The fourth-order valence-electron chi connectivity index (χ4n) is 2.33. The van der Waals surface area contributed by atoms with Gasteiger partial charge in [-0.1, -0.05) is 30.3 Å². The molecule has 5 nitrogen and oxygen atoms in total. The summed E-state index contributed by atoms with van der Waals surface area (Å²) >= 11 is 1.33. The molecule has 1 N–H and O–H groups in total. The highest BCUT2D eigenvalue weighted by Gasteiger charge is 2.35. The van der Waals surface area contributed by atoms with Gasteiger partial charge in [-0.15, -0.1) is 11.3 Å². The molecule has 0 unspecified atom stereocenters. The fourth-order valence-corrected chi connectivity index (χ4v) is 3.13. The van der Waals surface area contributed by atoms with Crippen LogP contribution in [-0.2, 0) is 23.8 Å². The number of carbonyl (C=O) groups is 1. The molecule has 0 amide bonds. The zero-order valence-corrected chi connectivity index (χ0v) is 14.2. The van der Waals surface area contributed by atoms with Crippen LogP contribution in [0.25, 0.3) is 0 Å². The van der Waals surface area contributed by atoms with Crippen molar-refractivity contribution in [2.75, 3.05) is 6.61 Å². The lowest BCUT2D eigenvalue weighted by Crippen LogP contribution is -2.12. The summed E-state index contributed by atoms with van der Waals surface area (Å²) in [4.78, 5) is 16.2. The Hall–Kier alpha value is -2.68. The Morgan fingerprint density at radius 1 is 1.23 bits per heavy atom. The number of aromatic amines is 1. The van der Waals surface area contributed by atoms with E-state index in [0.29, 0.717) is 6.42 Å². The molecule has 0 fully saturated rings. The van der Waals surface area contributed by atoms with Crippen LogP contribution in [0.5, 0.6) is 0 Å². The van der Waals surface area contributed by atoms with Gasteiger partial charge in [0.25, 0.3) is 0 Å². The number of nitrogens with zero attached hydrogens (tertiary/aromatic N) is 2. The van der Waals surface area contributed by atoms with Gasteiger partial charge < -0.3 is 4.74 Å². The second kappa shape index (κ2) is 7.69. The Labute approximate surface area is 150 Å². The van der Waals surface area contributed by atoms with Crippen LogP contribution in [0, 0.1) is 0 Å². The minimum absolute atomic E-state index is 0.0478. The Bertz CT molecular complexity index is 875. The lowest BCUT2D eigenvalue weighted by molar-refractivity contribution is -0.141. The minimum atomic E-state index is -4.52. The van der Waals surface area contributed by atoms with Crippen molar-refractivity contribution in [3.63, 3.8) is 0 Å². The number of thiazole rings is 1. The first-order valence-corrected chi connectivity index (χ1v) is 8.56. The molecule has 0 saturated heterocycles. The maximum Gasteiger partial charge on any atom is 0.433 e. The van der Waals surface area contributed by atoms with Crippen LogP contribution >= 0.6 is 11.3 Å². The number of halogens is 3. The SMILES string of the molecule is O=C(OCCc1cn[nH]c1C(F)(F)F)c1csc(Cc2ccccc2)n1. The van der Waals surface area contributed by atoms with Gasteiger partial charge in [0.15, 0.2) is 5.69 Å². The summed E-state index contributed by atoms with van der Waals surface area (Å²) in [6, 6.07) is 9.68. The molecule has 3 rings (SSSR count). The first-order valence-electron chi connectivity index (χ1n) is 7.68. The van der Waals surface area contributed by atoms with Gasteiger partial charge in [0, 0.05) is 23.8 Å². The summed E-state index contributed by atoms with van der Waals surface area (Å²) in [6.07, 6.45) is -2.92. The third-order valence-electron chi connectivity index (χ3n) is 3.56. The van der Waals surface area contributed by atoms with E-state index < -0.39 is 17.8 Å². The lowest BCUT2D eigenvalue weighted by atomic mass is 10.2. The molecule has 0 aliphatic heterocycles. The highest BCUT2D eigenvalue weighted by molar-refractivity contribution is 7.09. The van der Waals surface area contributed by atoms with E-state index in [0.717, 1.165) is 16.8 Å². The number of aromatic nitrogens is 3. The van der Waals surface area contributed by atoms with E-state index in [2.05, 4.69) is 10.1 Å². The molecule has 0 atom stereocenters. The van der Waals surface area contributed by atoms with Crippen LogP contribution in [0.15, 0.2) is 41.9 Å². The summed E-state index contributed by atoms with van der Waals surface area (Å²) in [5.41, 5.74) is 0.256. The number of alkyl halides is 3. The molecule has 136 valence electrons. The number of ether oxygens (including phenoxy) is 1. The molecular weight excluding hydrogens is 367 g/mol. The van der Waals surface area contributed by atoms with Crippen molar-refractivity contribution >= 4 is 17.3 Å². The molecular formula is C17H14F3N3O2S. The monoisotopic (exact) mass is 381 g/mol. The predicted molar refractivity (Wildman–Crippen MR) is 88.9 cm³/mol. The summed E-state index contributed by atoms with van der Waals surface area (Å²) in [5.74, 6) is -0.655. The Kier molecular flexibility index (Phi) is 5.36. The molecule has 9 heteroatoms. The second-order valence-electron chi connectivity index (χ2n) is 5.44. The lowest BCUT2D eigenvalue weighted by Gasteiger charge is -2.07. The third kappa shape index (κ3) is 4.48. The normalized spacial score (nSPS) is 11.5. The molecule has 0 aliphatic carbocycles. The molecule has 1 aromatic carbocycles. The first kappa shape index (κ1) is 18.1. The topological polar surface area (TPSA) is 67.9 Å². The number of H-pyrrole nitrogens is 1. The van der Waals surface area contributed by atoms with Crippen molar-refractivity contribution in [2.24, 2.45) is 0 Å². The fraction of sp³-hybridized carbons (Fsp3) is 0.235. The molecule has 0 bridgehead atoms. The largest absolute Gasteiger partial charge is 0.461 e. The summed E-state index contributed by atoms with van der Waals surface area (Å²) < 4.78 is 43.2. The standard InChI is InChI=1S/C17H14F3N3O2S/c18-17(19,20)15-12(9-21-23-15)6-7-25-16(24)13-10-26-14(22-13)8-11-4-2-1-3-5-11/h1-5,9-10H,6-8H2,(H,21,23). The maximum absolute atomic E-state index is 12.7.